The molecule has 0 aliphatic rings. The van der Waals surface area contributed by atoms with Crippen molar-refractivity contribution < 1.29 is 19.1 Å². The molecule has 3 rings (SSSR count). The smallest absolute Gasteiger partial charge is 0.380 e. The summed E-state index contributed by atoms with van der Waals surface area (Å²) in [5, 5.41) is 21.0. The number of rotatable bonds is 5. The largest absolute Gasteiger partial charge is 0.438 e. The number of aryl methyl sites for hydroxylation is 1. The number of halogens is 2. The van der Waals surface area contributed by atoms with Crippen LogP contribution in [0, 0.1) is 17.0 Å². The van der Waals surface area contributed by atoms with Crippen LogP contribution in [0.1, 0.15) is 10.6 Å². The van der Waals surface area contributed by atoms with Crippen LogP contribution in [0.25, 0.3) is 11.3 Å². The van der Waals surface area contributed by atoms with Crippen molar-refractivity contribution in [1.82, 2.24) is 5.16 Å². The molecule has 3 N–H and O–H groups in total. The zero-order chi connectivity index (χ0) is 21.1. The number of carbonyl (C=O) groups excluding carboxylic acids is 1. The molecule has 29 heavy (non-hydrogen) atoms. The number of oxime groups is 1. The molecule has 0 fully saturated rings. The number of nitrogens with zero attached hydrogens (tertiary/aromatic N) is 3. The highest BCUT2D eigenvalue weighted by Crippen LogP contribution is 2.39. The minimum atomic E-state index is -0.991. The lowest BCUT2D eigenvalue weighted by Crippen LogP contribution is -2.17. The number of amides is 1. The molecular weight excluding hydrogens is 445 g/mol. The number of anilines is 1. The number of benzene rings is 1. The molecule has 3 aromatic rings. The van der Waals surface area contributed by atoms with Gasteiger partial charge in [0.1, 0.15) is 11.4 Å². The Labute approximate surface area is 177 Å². The molecule has 10 nitrogen and oxygen atoms in total. The molecule has 2 heterocycles. The SMILES string of the molecule is Cc1onc(-c2c(Cl)cccc2Cl)c1NC(=O)ON=C(N)c1ccc([N+](=O)[O-])s1. The molecule has 0 atom stereocenters. The highest BCUT2D eigenvalue weighted by molar-refractivity contribution is 7.17. The summed E-state index contributed by atoms with van der Waals surface area (Å²) in [6.45, 7) is 1.57. The highest BCUT2D eigenvalue weighted by Gasteiger charge is 2.22. The monoisotopic (exact) mass is 455 g/mol. The first kappa shape index (κ1) is 20.6. The van der Waals surface area contributed by atoms with E-state index < -0.39 is 11.0 Å². The number of thiophene rings is 1. The van der Waals surface area contributed by atoms with Gasteiger partial charge in [-0.15, -0.1) is 0 Å². The van der Waals surface area contributed by atoms with Crippen LogP contribution in [-0.4, -0.2) is 22.0 Å². The third kappa shape index (κ3) is 4.47. The van der Waals surface area contributed by atoms with Crippen molar-refractivity contribution in [2.75, 3.05) is 5.32 Å². The average molecular weight is 456 g/mol. The van der Waals surface area contributed by atoms with E-state index in [4.69, 9.17) is 38.3 Å². The maximum absolute atomic E-state index is 12.1. The Balaban J connectivity index is 1.78. The van der Waals surface area contributed by atoms with Gasteiger partial charge in [-0.2, -0.15) is 0 Å². The zero-order valence-corrected chi connectivity index (χ0v) is 16.8. The van der Waals surface area contributed by atoms with Crippen molar-refractivity contribution in [2.24, 2.45) is 10.9 Å². The molecule has 0 spiro atoms. The minimum absolute atomic E-state index is 0.121. The van der Waals surface area contributed by atoms with E-state index in [2.05, 4.69) is 15.6 Å². The fraction of sp³-hybridized carbons (Fsp3) is 0.0625. The predicted molar refractivity (Wildman–Crippen MR) is 108 cm³/mol. The van der Waals surface area contributed by atoms with Gasteiger partial charge in [-0.3, -0.25) is 20.3 Å². The van der Waals surface area contributed by atoms with Crippen molar-refractivity contribution in [3.63, 3.8) is 0 Å². The Bertz CT molecular complexity index is 1110. The second kappa shape index (κ2) is 8.47. The molecule has 0 bridgehead atoms. The lowest BCUT2D eigenvalue weighted by Gasteiger charge is -2.07. The van der Waals surface area contributed by atoms with Crippen LogP contribution in [0.2, 0.25) is 10.0 Å². The number of aromatic nitrogens is 1. The summed E-state index contributed by atoms with van der Waals surface area (Å²) in [5.74, 6) is 0.0773. The second-order valence-electron chi connectivity index (χ2n) is 5.43. The number of nitrogens with one attached hydrogen (secondary N) is 1. The van der Waals surface area contributed by atoms with E-state index in [9.17, 15) is 14.9 Å². The minimum Gasteiger partial charge on any atom is -0.380 e. The molecule has 13 heteroatoms. The van der Waals surface area contributed by atoms with Gasteiger partial charge >= 0.3 is 11.1 Å². The Morgan fingerprint density at radius 2 is 2.03 bits per heavy atom. The maximum Gasteiger partial charge on any atom is 0.438 e. The fourth-order valence-electron chi connectivity index (χ4n) is 2.24. The van der Waals surface area contributed by atoms with E-state index in [1.165, 1.54) is 12.1 Å². The first-order valence-corrected chi connectivity index (χ1v) is 9.32. The Kier molecular flexibility index (Phi) is 6.01. The van der Waals surface area contributed by atoms with Gasteiger partial charge in [-0.05, 0) is 25.1 Å². The first-order valence-electron chi connectivity index (χ1n) is 7.74. The summed E-state index contributed by atoms with van der Waals surface area (Å²) < 4.78 is 5.12. The number of nitrogens with two attached hydrogens (primary N) is 1. The molecule has 150 valence electrons. The quantitative estimate of drug-likeness (QED) is 0.184. The number of nitro groups is 1. The Morgan fingerprint density at radius 3 is 2.66 bits per heavy atom. The van der Waals surface area contributed by atoms with Crippen LogP contribution >= 0.6 is 34.5 Å². The van der Waals surface area contributed by atoms with E-state index in [-0.39, 0.29) is 32.9 Å². The first-order chi connectivity index (χ1) is 13.8. The summed E-state index contributed by atoms with van der Waals surface area (Å²) in [4.78, 5) is 27.3. The van der Waals surface area contributed by atoms with Gasteiger partial charge in [0.15, 0.2) is 11.6 Å². The number of amidine groups is 1. The van der Waals surface area contributed by atoms with E-state index in [0.29, 0.717) is 15.6 Å². The van der Waals surface area contributed by atoms with Gasteiger partial charge in [-0.1, -0.05) is 50.9 Å². The van der Waals surface area contributed by atoms with E-state index in [1.54, 1.807) is 25.1 Å². The van der Waals surface area contributed by atoms with Gasteiger partial charge in [0.05, 0.1) is 19.8 Å². The van der Waals surface area contributed by atoms with Crippen molar-refractivity contribution in [3.8, 4) is 11.3 Å². The standard InChI is InChI=1S/C16H11Cl2N5O5S/c1-7-13(14(21-27-7)12-8(17)3-2-4-9(12)18)20-16(24)28-22-15(19)10-5-6-11(29-10)23(25)26/h2-6H,1H3,(H2,19,22)(H,20,24). The van der Waals surface area contributed by atoms with E-state index in [0.717, 1.165) is 11.3 Å². The second-order valence-corrected chi connectivity index (χ2v) is 7.31. The van der Waals surface area contributed by atoms with Gasteiger partial charge in [0.25, 0.3) is 0 Å². The summed E-state index contributed by atoms with van der Waals surface area (Å²) in [7, 11) is 0. The lowest BCUT2D eigenvalue weighted by molar-refractivity contribution is -0.380. The summed E-state index contributed by atoms with van der Waals surface area (Å²) in [5.41, 5.74) is 6.45. The lowest BCUT2D eigenvalue weighted by atomic mass is 10.1. The highest BCUT2D eigenvalue weighted by atomic mass is 35.5. The van der Waals surface area contributed by atoms with Gasteiger partial charge in [-0.25, -0.2) is 4.79 Å². The summed E-state index contributed by atoms with van der Waals surface area (Å²) in [6, 6.07) is 7.54. The number of hydrogen-bond acceptors (Lipinski definition) is 8. The maximum atomic E-state index is 12.1. The van der Waals surface area contributed by atoms with Gasteiger partial charge in [0.2, 0.25) is 0 Å². The molecule has 0 aliphatic carbocycles. The van der Waals surface area contributed by atoms with Gasteiger partial charge in [0, 0.05) is 11.6 Å². The van der Waals surface area contributed by atoms with Crippen LogP contribution in [0.15, 0.2) is 40.0 Å². The number of carbonyl (C=O) groups is 1. The van der Waals surface area contributed by atoms with Gasteiger partial charge < -0.3 is 10.3 Å². The molecule has 0 saturated carbocycles. The molecule has 0 unspecified atom stereocenters. The molecule has 1 amide bonds. The van der Waals surface area contributed by atoms with E-state index >= 15 is 0 Å². The third-order valence-electron chi connectivity index (χ3n) is 3.54. The van der Waals surface area contributed by atoms with Crippen LogP contribution in [0.4, 0.5) is 15.5 Å². The summed E-state index contributed by atoms with van der Waals surface area (Å²) >= 11 is 13.2. The Hall–Kier alpha value is -3.15. The summed E-state index contributed by atoms with van der Waals surface area (Å²) in [6.07, 6.45) is -0.991. The van der Waals surface area contributed by atoms with Crippen LogP contribution in [-0.2, 0) is 4.84 Å². The molecule has 0 radical (unpaired) electrons. The number of hydrogen-bond donors (Lipinski definition) is 2. The third-order valence-corrected chi connectivity index (χ3v) is 5.23. The topological polar surface area (TPSA) is 146 Å². The average Bonchev–Trinajstić information content (AvgIpc) is 3.29. The predicted octanol–water partition coefficient (Wildman–Crippen LogP) is 4.80. The molecule has 2 aromatic heterocycles. The molecule has 1 aromatic carbocycles. The van der Waals surface area contributed by atoms with Crippen LogP contribution in [0.5, 0.6) is 0 Å². The Morgan fingerprint density at radius 1 is 1.34 bits per heavy atom. The molecular formula is C16H11Cl2N5O5S. The van der Waals surface area contributed by atoms with E-state index in [1.807, 2.05) is 0 Å². The molecule has 0 saturated heterocycles. The van der Waals surface area contributed by atoms with Crippen LogP contribution in [0.3, 0.4) is 0 Å². The van der Waals surface area contributed by atoms with Crippen LogP contribution < -0.4 is 11.1 Å². The van der Waals surface area contributed by atoms with Crippen molar-refractivity contribution >= 4 is 57.2 Å². The fourth-order valence-corrected chi connectivity index (χ4v) is 3.53. The zero-order valence-electron chi connectivity index (χ0n) is 14.5. The van der Waals surface area contributed by atoms with Crippen molar-refractivity contribution in [2.45, 2.75) is 6.92 Å². The molecule has 0 aliphatic heterocycles. The van der Waals surface area contributed by atoms with Crippen molar-refractivity contribution in [1.29, 1.82) is 0 Å². The van der Waals surface area contributed by atoms with Crippen molar-refractivity contribution in [3.05, 3.63) is 61.1 Å². The normalized spacial score (nSPS) is 11.3.